The molecule has 1 atom stereocenters. The van der Waals surface area contributed by atoms with Gasteiger partial charge in [-0.2, -0.15) is 4.68 Å². The molecule has 0 saturated heterocycles. The maximum Gasteiger partial charge on any atom is 0.361 e. The van der Waals surface area contributed by atoms with Crippen molar-refractivity contribution < 1.29 is 9.21 Å². The molecule has 0 saturated carbocycles. The number of fused-ring (bicyclic) bond motifs is 1. The van der Waals surface area contributed by atoms with Gasteiger partial charge in [-0.05, 0) is 47.0 Å². The maximum absolute atomic E-state index is 13.3. The Kier molecular flexibility index (Phi) is 6.67. The number of carbonyl (C=O) groups is 1. The predicted octanol–water partition coefficient (Wildman–Crippen LogP) is 2.76. The summed E-state index contributed by atoms with van der Waals surface area (Å²) in [5.41, 5.74) is -0.442. The fourth-order valence-electron chi connectivity index (χ4n) is 4.80. The van der Waals surface area contributed by atoms with Crippen molar-refractivity contribution >= 4 is 34.6 Å². The first-order valence-electron chi connectivity index (χ1n) is 12.4. The van der Waals surface area contributed by atoms with Gasteiger partial charge in [-0.1, -0.05) is 32.4 Å². The highest BCUT2D eigenvalue weighted by Crippen LogP contribution is 2.38. The second kappa shape index (κ2) is 9.84. The summed E-state index contributed by atoms with van der Waals surface area (Å²) < 4.78 is 6.97. The molecular weight excluding hydrogens is 526 g/mol. The van der Waals surface area contributed by atoms with Gasteiger partial charge in [-0.15, -0.1) is 0 Å². The van der Waals surface area contributed by atoms with E-state index in [0.717, 1.165) is 16.2 Å². The quantitative estimate of drug-likeness (QED) is 0.265. The number of hydrogen-bond acceptors (Lipinski definition) is 9. The third-order valence-corrected chi connectivity index (χ3v) is 7.38. The van der Waals surface area contributed by atoms with Crippen molar-refractivity contribution in [1.82, 2.24) is 25.1 Å². The molecule has 0 radical (unpaired) electrons. The van der Waals surface area contributed by atoms with Crippen LogP contribution >= 0.6 is 11.6 Å². The summed E-state index contributed by atoms with van der Waals surface area (Å²) in [4.78, 5) is 51.6. The average molecular weight is 554 g/mol. The summed E-state index contributed by atoms with van der Waals surface area (Å²) in [5, 5.41) is 15.9. The molecule has 0 bridgehead atoms. The Bertz CT molecular complexity index is 1690. The Hall–Kier alpha value is -4.19. The lowest BCUT2D eigenvalue weighted by molar-refractivity contribution is 0.0771. The van der Waals surface area contributed by atoms with Crippen molar-refractivity contribution in [1.29, 1.82) is 0 Å². The molecule has 204 valence electrons. The van der Waals surface area contributed by atoms with Crippen LogP contribution in [0.4, 0.5) is 17.1 Å². The van der Waals surface area contributed by atoms with Gasteiger partial charge in [0.1, 0.15) is 22.9 Å². The van der Waals surface area contributed by atoms with Crippen LogP contribution in [0, 0.1) is 12.3 Å². The molecule has 1 aliphatic rings. The first-order valence-corrected chi connectivity index (χ1v) is 12.8. The zero-order chi connectivity index (χ0) is 28.1. The molecule has 0 spiro atoms. The number of H-pyrrole nitrogens is 1. The van der Waals surface area contributed by atoms with Crippen molar-refractivity contribution in [3.05, 3.63) is 82.9 Å². The van der Waals surface area contributed by atoms with E-state index in [9.17, 15) is 19.2 Å². The molecule has 13 heteroatoms. The van der Waals surface area contributed by atoms with Crippen LogP contribution in [0.25, 0.3) is 0 Å². The Labute approximate surface area is 227 Å². The summed E-state index contributed by atoms with van der Waals surface area (Å²) in [6, 6.07) is 7.05. The average Bonchev–Trinajstić information content (AvgIpc) is 3.59. The van der Waals surface area contributed by atoms with Crippen LogP contribution in [0.2, 0.25) is 5.02 Å². The van der Waals surface area contributed by atoms with Crippen molar-refractivity contribution in [2.24, 2.45) is 5.41 Å². The lowest BCUT2D eigenvalue weighted by Crippen LogP contribution is -2.38. The SMILES string of the molecule is Cc1ccc(C(CNc2c(Nc3ccc(Cl)c4c3C(=O)N(CCn3nn[nH]c3=O)C4)c(=O)c2=O)C(C)(C)C)o1. The van der Waals surface area contributed by atoms with Gasteiger partial charge in [0.15, 0.2) is 0 Å². The summed E-state index contributed by atoms with van der Waals surface area (Å²) in [6.07, 6.45) is 0. The van der Waals surface area contributed by atoms with Crippen molar-refractivity contribution in [3.8, 4) is 0 Å². The number of aromatic amines is 1. The summed E-state index contributed by atoms with van der Waals surface area (Å²) >= 11 is 6.41. The lowest BCUT2D eigenvalue weighted by atomic mass is 9.79. The van der Waals surface area contributed by atoms with Gasteiger partial charge < -0.3 is 20.0 Å². The van der Waals surface area contributed by atoms with Crippen molar-refractivity contribution in [2.75, 3.05) is 23.7 Å². The summed E-state index contributed by atoms with van der Waals surface area (Å²) in [6.45, 7) is 9.03. The van der Waals surface area contributed by atoms with Crippen LogP contribution in [0.5, 0.6) is 0 Å². The summed E-state index contributed by atoms with van der Waals surface area (Å²) in [7, 11) is 0. The van der Waals surface area contributed by atoms with Crippen LogP contribution in [0.1, 0.15) is 54.1 Å². The van der Waals surface area contributed by atoms with Crippen molar-refractivity contribution in [2.45, 2.75) is 46.7 Å². The second-order valence-electron chi connectivity index (χ2n) is 10.7. The van der Waals surface area contributed by atoms with E-state index in [1.165, 1.54) is 4.90 Å². The zero-order valence-corrected chi connectivity index (χ0v) is 22.7. The van der Waals surface area contributed by atoms with Crippen LogP contribution in [-0.4, -0.2) is 44.1 Å². The van der Waals surface area contributed by atoms with E-state index in [1.807, 2.05) is 19.1 Å². The number of hydrogen-bond donors (Lipinski definition) is 3. The fourth-order valence-corrected chi connectivity index (χ4v) is 5.02. The minimum atomic E-state index is -0.671. The minimum Gasteiger partial charge on any atom is -0.466 e. The van der Waals surface area contributed by atoms with E-state index in [4.69, 9.17) is 16.0 Å². The number of rotatable bonds is 9. The maximum atomic E-state index is 13.3. The van der Waals surface area contributed by atoms with E-state index in [0.29, 0.717) is 28.4 Å². The molecule has 0 aliphatic carbocycles. The van der Waals surface area contributed by atoms with E-state index in [2.05, 4.69) is 46.9 Å². The topological polar surface area (TPSA) is 155 Å². The number of aryl methyl sites for hydroxylation is 1. The molecule has 3 heterocycles. The number of nitrogens with zero attached hydrogens (tertiary/aromatic N) is 4. The largest absolute Gasteiger partial charge is 0.466 e. The van der Waals surface area contributed by atoms with Gasteiger partial charge in [-0.25, -0.2) is 9.89 Å². The Morgan fingerprint density at radius 1 is 1.08 bits per heavy atom. The Morgan fingerprint density at radius 2 is 1.82 bits per heavy atom. The molecule has 1 aliphatic heterocycles. The van der Waals surface area contributed by atoms with Crippen LogP contribution in [0.15, 0.2) is 43.1 Å². The van der Waals surface area contributed by atoms with Gasteiger partial charge in [0.2, 0.25) is 0 Å². The third kappa shape index (κ3) is 4.87. The molecule has 3 N–H and O–H groups in total. The minimum absolute atomic E-state index is 0.0735. The normalized spacial score (nSPS) is 14.2. The van der Waals surface area contributed by atoms with E-state index < -0.39 is 16.5 Å². The molecule has 1 amide bonds. The van der Waals surface area contributed by atoms with Gasteiger partial charge in [0.05, 0.1) is 17.8 Å². The lowest BCUT2D eigenvalue weighted by Gasteiger charge is -2.30. The molecule has 5 rings (SSSR count). The number of furan rings is 1. The van der Waals surface area contributed by atoms with Gasteiger partial charge in [0, 0.05) is 36.1 Å². The number of amides is 1. The predicted molar refractivity (Wildman–Crippen MR) is 146 cm³/mol. The molecule has 4 aromatic rings. The number of carbonyl (C=O) groups excluding carboxylic acids is 1. The van der Waals surface area contributed by atoms with E-state index in [-0.39, 0.29) is 48.2 Å². The summed E-state index contributed by atoms with van der Waals surface area (Å²) in [5.74, 6) is 1.19. The highest BCUT2D eigenvalue weighted by atomic mass is 35.5. The van der Waals surface area contributed by atoms with Crippen LogP contribution < -0.4 is 27.2 Å². The van der Waals surface area contributed by atoms with Crippen LogP contribution in [-0.2, 0) is 13.1 Å². The second-order valence-corrected chi connectivity index (χ2v) is 11.1. The molecule has 2 aromatic heterocycles. The highest BCUT2D eigenvalue weighted by molar-refractivity contribution is 6.32. The first-order chi connectivity index (χ1) is 18.5. The van der Waals surface area contributed by atoms with Crippen LogP contribution in [0.3, 0.4) is 0 Å². The van der Waals surface area contributed by atoms with E-state index >= 15 is 0 Å². The van der Waals surface area contributed by atoms with Crippen molar-refractivity contribution in [3.63, 3.8) is 0 Å². The fraction of sp³-hybridized carbons (Fsp3) is 0.385. The number of tetrazole rings is 1. The monoisotopic (exact) mass is 553 g/mol. The zero-order valence-electron chi connectivity index (χ0n) is 21.9. The highest BCUT2D eigenvalue weighted by Gasteiger charge is 2.34. The number of benzene rings is 1. The Balaban J connectivity index is 1.36. The first kappa shape index (κ1) is 26.4. The smallest absolute Gasteiger partial charge is 0.361 e. The number of aromatic nitrogens is 4. The number of nitrogens with one attached hydrogen (secondary N) is 3. The number of halogens is 1. The Morgan fingerprint density at radius 3 is 2.46 bits per heavy atom. The standard InChI is InChI=1S/C26H28ClN7O5/c1-13-5-8-18(39-13)15(26(2,3)4)11-28-20-21(23(36)22(20)35)29-17-7-6-16(27)14-12-33(24(37)19(14)17)9-10-34-25(38)30-31-32-34/h5-8,15,28-29H,9-12H2,1-4H3,(H,30,32,38). The van der Waals surface area contributed by atoms with Gasteiger partial charge >= 0.3 is 5.69 Å². The molecule has 12 nitrogen and oxygen atoms in total. The molecule has 2 aromatic carbocycles. The molecule has 0 fully saturated rings. The molecular formula is C26H28ClN7O5. The third-order valence-electron chi connectivity index (χ3n) is 7.02. The molecule has 39 heavy (non-hydrogen) atoms. The molecule has 1 unspecified atom stereocenters. The number of anilines is 3. The van der Waals surface area contributed by atoms with E-state index in [1.54, 1.807) is 12.1 Å². The van der Waals surface area contributed by atoms with Gasteiger partial charge in [-0.3, -0.25) is 14.4 Å². The van der Waals surface area contributed by atoms with Gasteiger partial charge in [0.25, 0.3) is 16.8 Å².